The summed E-state index contributed by atoms with van der Waals surface area (Å²) in [6.45, 7) is 6.49. The largest absolute Gasteiger partial charge is 0.494 e. The highest BCUT2D eigenvalue weighted by Crippen LogP contribution is 2.52. The van der Waals surface area contributed by atoms with E-state index >= 15 is 0 Å². The van der Waals surface area contributed by atoms with Gasteiger partial charge < -0.3 is 9.67 Å². The van der Waals surface area contributed by atoms with Crippen LogP contribution in [-0.4, -0.2) is 26.4 Å². The van der Waals surface area contributed by atoms with Crippen molar-refractivity contribution in [3.8, 4) is 5.88 Å². The molecule has 3 aromatic rings. The van der Waals surface area contributed by atoms with Gasteiger partial charge in [-0.05, 0) is 43.6 Å². The van der Waals surface area contributed by atoms with Crippen LogP contribution >= 0.6 is 12.2 Å². The fourth-order valence-electron chi connectivity index (χ4n) is 5.20. The van der Waals surface area contributed by atoms with Crippen LogP contribution in [0, 0.1) is 0 Å². The van der Waals surface area contributed by atoms with Crippen molar-refractivity contribution in [1.82, 2.24) is 9.88 Å². The lowest BCUT2D eigenvalue weighted by Crippen LogP contribution is -2.41. The molecular formula is C23H21N3O2S. The molecule has 5 nitrogen and oxygen atoms in total. The Labute approximate surface area is 174 Å². The van der Waals surface area contributed by atoms with E-state index in [9.17, 15) is 9.90 Å². The first-order valence-corrected chi connectivity index (χ1v) is 10.0. The summed E-state index contributed by atoms with van der Waals surface area (Å²) in [7, 11) is 0. The van der Waals surface area contributed by atoms with Crippen molar-refractivity contribution < 1.29 is 9.90 Å². The van der Waals surface area contributed by atoms with Crippen LogP contribution in [0.4, 0.5) is 0 Å². The molecule has 2 N–H and O–H groups in total. The highest BCUT2D eigenvalue weighted by Gasteiger charge is 2.45. The van der Waals surface area contributed by atoms with Crippen LogP contribution in [0.2, 0.25) is 0 Å². The number of amides is 1. The van der Waals surface area contributed by atoms with E-state index in [1.54, 1.807) is 0 Å². The smallest absolute Gasteiger partial charge is 0.277 e. The van der Waals surface area contributed by atoms with E-state index in [4.69, 9.17) is 12.2 Å². The van der Waals surface area contributed by atoms with Gasteiger partial charge in [0.25, 0.3) is 5.91 Å². The average molecular weight is 404 g/mol. The SMILES string of the molecule is CC1(C)C[C@@](C)(c2ccccc2)c2cccc3c(C4=NC(=S)NC4=O)c(O)n1c23. The molecule has 0 saturated heterocycles. The topological polar surface area (TPSA) is 66.6 Å². The molecule has 29 heavy (non-hydrogen) atoms. The second kappa shape index (κ2) is 5.76. The molecule has 0 radical (unpaired) electrons. The van der Waals surface area contributed by atoms with E-state index in [0.29, 0.717) is 5.56 Å². The molecule has 1 amide bonds. The minimum Gasteiger partial charge on any atom is -0.494 e. The first kappa shape index (κ1) is 18.1. The maximum absolute atomic E-state index is 12.4. The van der Waals surface area contributed by atoms with Gasteiger partial charge in [-0.15, -0.1) is 0 Å². The van der Waals surface area contributed by atoms with Crippen molar-refractivity contribution in [3.05, 3.63) is 65.2 Å². The van der Waals surface area contributed by atoms with Crippen LogP contribution < -0.4 is 5.32 Å². The molecule has 2 aliphatic heterocycles. The van der Waals surface area contributed by atoms with Crippen molar-refractivity contribution in [3.63, 3.8) is 0 Å². The van der Waals surface area contributed by atoms with Crippen LogP contribution in [-0.2, 0) is 15.7 Å². The van der Waals surface area contributed by atoms with E-state index in [1.807, 2.05) is 22.8 Å². The zero-order valence-electron chi connectivity index (χ0n) is 16.5. The quantitative estimate of drug-likeness (QED) is 0.636. The third-order valence-corrected chi connectivity index (χ3v) is 6.44. The standard InChI is InChI=1S/C23H21N3O2S/c1-22(2)12-23(3,13-8-5-4-6-9-13)15-11-7-10-14-16(20(28)26(22)18(14)15)17-19(27)25-21(29)24-17/h4-11,28H,12H2,1-3H3,(H,25,27,29)/t23-/m0/s1. The zero-order chi connectivity index (χ0) is 20.6. The second-order valence-electron chi connectivity index (χ2n) is 8.64. The number of carbonyl (C=O) groups is 1. The third kappa shape index (κ3) is 2.35. The zero-order valence-corrected chi connectivity index (χ0v) is 17.3. The number of para-hydroxylation sites is 1. The van der Waals surface area contributed by atoms with Crippen molar-refractivity contribution in [2.45, 2.75) is 38.1 Å². The maximum atomic E-state index is 12.4. The summed E-state index contributed by atoms with van der Waals surface area (Å²) in [5.74, 6) is -0.316. The monoisotopic (exact) mass is 403 g/mol. The van der Waals surface area contributed by atoms with Gasteiger partial charge >= 0.3 is 0 Å². The maximum Gasteiger partial charge on any atom is 0.277 e. The van der Waals surface area contributed by atoms with Gasteiger partial charge in [0.05, 0.1) is 11.1 Å². The fraction of sp³-hybridized carbons (Fsp3) is 0.261. The Kier molecular flexibility index (Phi) is 3.59. The highest BCUT2D eigenvalue weighted by molar-refractivity contribution is 7.80. The molecular weight excluding hydrogens is 382 g/mol. The number of nitrogens with zero attached hydrogens (tertiary/aromatic N) is 2. The van der Waals surface area contributed by atoms with Gasteiger partial charge in [0.1, 0.15) is 5.71 Å². The molecule has 146 valence electrons. The van der Waals surface area contributed by atoms with Gasteiger partial charge in [-0.1, -0.05) is 55.5 Å². The number of nitrogens with one attached hydrogen (secondary N) is 1. The Balaban J connectivity index is 1.89. The molecule has 0 spiro atoms. The molecule has 2 aromatic carbocycles. The van der Waals surface area contributed by atoms with Gasteiger partial charge in [-0.25, -0.2) is 4.99 Å². The van der Waals surface area contributed by atoms with Crippen LogP contribution in [0.15, 0.2) is 53.5 Å². The Morgan fingerprint density at radius 2 is 1.83 bits per heavy atom. The van der Waals surface area contributed by atoms with Crippen molar-refractivity contribution in [1.29, 1.82) is 0 Å². The molecule has 0 bridgehead atoms. The van der Waals surface area contributed by atoms with Crippen molar-refractivity contribution in [2.75, 3.05) is 0 Å². The molecule has 2 aliphatic rings. The molecule has 0 unspecified atom stereocenters. The lowest BCUT2D eigenvalue weighted by molar-refractivity contribution is -0.113. The molecule has 0 fully saturated rings. The highest BCUT2D eigenvalue weighted by atomic mass is 32.1. The summed E-state index contributed by atoms with van der Waals surface area (Å²) in [4.78, 5) is 16.6. The summed E-state index contributed by atoms with van der Waals surface area (Å²) in [5, 5.41) is 14.8. The molecule has 3 heterocycles. The molecule has 1 atom stereocenters. The van der Waals surface area contributed by atoms with E-state index < -0.39 is 0 Å². The van der Waals surface area contributed by atoms with E-state index in [-0.39, 0.29) is 33.6 Å². The van der Waals surface area contributed by atoms with Crippen molar-refractivity contribution in [2.24, 2.45) is 4.99 Å². The number of rotatable bonds is 2. The van der Waals surface area contributed by atoms with Crippen LogP contribution in [0.25, 0.3) is 10.9 Å². The minimum atomic E-state index is -0.379. The number of aromatic hydroxyl groups is 1. The Morgan fingerprint density at radius 3 is 2.48 bits per heavy atom. The Bertz CT molecular complexity index is 1240. The van der Waals surface area contributed by atoms with Gasteiger partial charge in [0.15, 0.2) is 0 Å². The van der Waals surface area contributed by atoms with Crippen LogP contribution in [0.5, 0.6) is 5.88 Å². The summed E-state index contributed by atoms with van der Waals surface area (Å²) in [6, 6.07) is 16.5. The summed E-state index contributed by atoms with van der Waals surface area (Å²) >= 11 is 5.05. The van der Waals surface area contributed by atoms with Gasteiger partial charge in [0, 0.05) is 16.3 Å². The van der Waals surface area contributed by atoms with Gasteiger partial charge in [-0.2, -0.15) is 0 Å². The summed E-state index contributed by atoms with van der Waals surface area (Å²) in [6.07, 6.45) is 0.800. The molecule has 5 rings (SSSR count). The predicted octanol–water partition coefficient (Wildman–Crippen LogP) is 4.00. The number of carbonyl (C=O) groups excluding carboxylic acids is 1. The predicted molar refractivity (Wildman–Crippen MR) is 118 cm³/mol. The van der Waals surface area contributed by atoms with E-state index in [1.165, 1.54) is 5.56 Å². The van der Waals surface area contributed by atoms with E-state index in [2.05, 4.69) is 61.4 Å². The summed E-state index contributed by atoms with van der Waals surface area (Å²) < 4.78 is 1.95. The molecule has 6 heteroatoms. The number of hydrogen-bond donors (Lipinski definition) is 2. The number of thiocarbonyl (C=S) groups is 1. The van der Waals surface area contributed by atoms with Gasteiger partial charge in [-0.3, -0.25) is 10.1 Å². The molecule has 0 saturated carbocycles. The Hall–Kier alpha value is -2.99. The average Bonchev–Trinajstić information content (AvgIpc) is 3.16. The van der Waals surface area contributed by atoms with Crippen molar-refractivity contribution >= 4 is 39.9 Å². The fourth-order valence-corrected chi connectivity index (χ4v) is 5.39. The van der Waals surface area contributed by atoms with Crippen LogP contribution in [0.3, 0.4) is 0 Å². The summed E-state index contributed by atoms with van der Waals surface area (Å²) in [5.41, 5.74) is 3.30. The molecule has 1 aromatic heterocycles. The second-order valence-corrected chi connectivity index (χ2v) is 9.03. The number of hydrogen-bond acceptors (Lipinski definition) is 3. The van der Waals surface area contributed by atoms with Crippen LogP contribution in [0.1, 0.15) is 43.9 Å². The number of aromatic nitrogens is 1. The lowest BCUT2D eigenvalue weighted by Gasteiger charge is -2.45. The van der Waals surface area contributed by atoms with E-state index in [0.717, 1.165) is 22.9 Å². The first-order chi connectivity index (χ1) is 13.7. The lowest BCUT2D eigenvalue weighted by atomic mass is 9.66. The Morgan fingerprint density at radius 1 is 1.10 bits per heavy atom. The molecule has 0 aliphatic carbocycles. The normalized spacial score (nSPS) is 22.7. The third-order valence-electron chi connectivity index (χ3n) is 6.25. The minimum absolute atomic E-state index is 0.0613. The van der Waals surface area contributed by atoms with Gasteiger partial charge in [0.2, 0.25) is 11.0 Å². The first-order valence-electron chi connectivity index (χ1n) is 9.61. The number of benzene rings is 2. The number of aliphatic imine (C=N–C) groups is 1.